The molecule has 0 saturated carbocycles. The van der Waals surface area contributed by atoms with E-state index in [-0.39, 0.29) is 0 Å². The van der Waals surface area contributed by atoms with Gasteiger partial charge in [0.1, 0.15) is 0 Å². The molecule has 0 amide bonds. The van der Waals surface area contributed by atoms with Crippen molar-refractivity contribution in [3.63, 3.8) is 0 Å². The second-order valence-electron chi connectivity index (χ2n) is 3.85. The van der Waals surface area contributed by atoms with Gasteiger partial charge in [0.05, 0.1) is 0 Å². The fourth-order valence-corrected chi connectivity index (χ4v) is 3.11. The van der Waals surface area contributed by atoms with Crippen molar-refractivity contribution in [1.29, 1.82) is 0 Å². The molecular formula is C13H14BrNS. The summed E-state index contributed by atoms with van der Waals surface area (Å²) in [5.74, 6) is 0. The average molecular weight is 296 g/mol. The molecule has 1 aromatic carbocycles. The van der Waals surface area contributed by atoms with E-state index < -0.39 is 0 Å². The lowest BCUT2D eigenvalue weighted by Crippen LogP contribution is -2.01. The van der Waals surface area contributed by atoms with E-state index in [1.807, 2.05) is 0 Å². The maximum Gasteiger partial charge on any atom is 0.0494 e. The van der Waals surface area contributed by atoms with Crippen LogP contribution in [0.25, 0.3) is 0 Å². The van der Waals surface area contributed by atoms with Gasteiger partial charge in [-0.15, -0.1) is 11.3 Å². The predicted octanol–water partition coefficient (Wildman–Crippen LogP) is 4.74. The number of halogens is 1. The van der Waals surface area contributed by atoms with Gasteiger partial charge in [0.15, 0.2) is 0 Å². The molecule has 0 saturated heterocycles. The summed E-state index contributed by atoms with van der Waals surface area (Å²) in [7, 11) is 0. The molecule has 84 valence electrons. The molecule has 0 radical (unpaired) electrons. The minimum Gasteiger partial charge on any atom is -0.380 e. The van der Waals surface area contributed by atoms with Gasteiger partial charge in [-0.2, -0.15) is 0 Å². The van der Waals surface area contributed by atoms with E-state index >= 15 is 0 Å². The lowest BCUT2D eigenvalue weighted by Gasteiger charge is -2.12. The van der Waals surface area contributed by atoms with Crippen LogP contribution in [0, 0.1) is 13.8 Å². The third-order valence-corrected chi connectivity index (χ3v) is 3.85. The zero-order valence-electron chi connectivity index (χ0n) is 9.38. The van der Waals surface area contributed by atoms with Gasteiger partial charge in [-0.3, -0.25) is 0 Å². The number of anilines is 1. The first-order valence-electron chi connectivity index (χ1n) is 5.20. The normalized spacial score (nSPS) is 10.4. The summed E-state index contributed by atoms with van der Waals surface area (Å²) in [6.07, 6.45) is 0. The molecule has 0 aliphatic carbocycles. The van der Waals surface area contributed by atoms with Crippen LogP contribution in [-0.4, -0.2) is 0 Å². The summed E-state index contributed by atoms with van der Waals surface area (Å²) in [4.78, 5) is 1.36. The quantitative estimate of drug-likeness (QED) is 0.862. The molecule has 0 fully saturated rings. The van der Waals surface area contributed by atoms with Gasteiger partial charge < -0.3 is 5.32 Å². The smallest absolute Gasteiger partial charge is 0.0494 e. The minimum atomic E-state index is 0.904. The number of nitrogens with one attached hydrogen (secondary N) is 1. The number of hydrogen-bond donors (Lipinski definition) is 1. The molecular weight excluding hydrogens is 282 g/mol. The number of rotatable bonds is 3. The van der Waals surface area contributed by atoms with Crippen molar-refractivity contribution in [2.45, 2.75) is 20.4 Å². The van der Waals surface area contributed by atoms with Crippen LogP contribution in [0.15, 0.2) is 34.1 Å². The topological polar surface area (TPSA) is 12.0 Å². The first-order valence-corrected chi connectivity index (χ1v) is 6.87. The Morgan fingerprint density at radius 2 is 1.94 bits per heavy atom. The van der Waals surface area contributed by atoms with Gasteiger partial charge in [-0.1, -0.05) is 22.0 Å². The standard InChI is InChI=1S/C13H14BrNS/c1-9-6-11(14)7-10(2)13(9)15-8-12-4-3-5-16-12/h3-7,15H,8H2,1-2H3. The Kier molecular flexibility index (Phi) is 3.66. The predicted molar refractivity (Wildman–Crippen MR) is 75.3 cm³/mol. The van der Waals surface area contributed by atoms with E-state index in [4.69, 9.17) is 0 Å². The summed E-state index contributed by atoms with van der Waals surface area (Å²) in [6, 6.07) is 8.53. The van der Waals surface area contributed by atoms with Crippen molar-refractivity contribution in [3.8, 4) is 0 Å². The van der Waals surface area contributed by atoms with E-state index in [9.17, 15) is 0 Å². The van der Waals surface area contributed by atoms with Crippen LogP contribution in [0.1, 0.15) is 16.0 Å². The first-order chi connectivity index (χ1) is 7.66. The summed E-state index contributed by atoms with van der Waals surface area (Å²) in [6.45, 7) is 5.17. The Bertz CT molecular complexity index is 454. The molecule has 0 unspecified atom stereocenters. The maximum absolute atomic E-state index is 3.51. The highest BCUT2D eigenvalue weighted by Gasteiger charge is 2.04. The number of thiophene rings is 1. The molecule has 0 spiro atoms. The van der Waals surface area contributed by atoms with Gasteiger partial charge in [0, 0.05) is 21.6 Å². The highest BCUT2D eigenvalue weighted by molar-refractivity contribution is 9.10. The third-order valence-electron chi connectivity index (χ3n) is 2.52. The summed E-state index contributed by atoms with van der Waals surface area (Å²) >= 11 is 5.30. The van der Waals surface area contributed by atoms with Crippen molar-refractivity contribution < 1.29 is 0 Å². The Morgan fingerprint density at radius 1 is 1.25 bits per heavy atom. The van der Waals surface area contributed by atoms with Crippen molar-refractivity contribution in [1.82, 2.24) is 0 Å². The van der Waals surface area contributed by atoms with E-state index in [2.05, 4.69) is 64.7 Å². The maximum atomic E-state index is 3.51. The Hall–Kier alpha value is -0.800. The van der Waals surface area contributed by atoms with Gasteiger partial charge in [-0.05, 0) is 48.6 Å². The molecule has 16 heavy (non-hydrogen) atoms. The van der Waals surface area contributed by atoms with Crippen molar-refractivity contribution in [2.24, 2.45) is 0 Å². The molecule has 0 atom stereocenters. The molecule has 3 heteroatoms. The number of hydrogen-bond acceptors (Lipinski definition) is 2. The molecule has 2 aromatic rings. The van der Waals surface area contributed by atoms with Crippen LogP contribution in [0.5, 0.6) is 0 Å². The Morgan fingerprint density at radius 3 is 2.50 bits per heavy atom. The summed E-state index contributed by atoms with van der Waals surface area (Å²) in [5.41, 5.74) is 3.81. The van der Waals surface area contributed by atoms with E-state index in [0.717, 1.165) is 11.0 Å². The summed E-state index contributed by atoms with van der Waals surface area (Å²) in [5, 5.41) is 5.61. The highest BCUT2D eigenvalue weighted by atomic mass is 79.9. The van der Waals surface area contributed by atoms with Crippen LogP contribution in [0.2, 0.25) is 0 Å². The first kappa shape index (κ1) is 11.7. The Labute approximate surface area is 109 Å². The molecule has 0 aliphatic rings. The number of aryl methyl sites for hydroxylation is 2. The summed E-state index contributed by atoms with van der Waals surface area (Å²) < 4.78 is 1.14. The van der Waals surface area contributed by atoms with Gasteiger partial charge in [-0.25, -0.2) is 0 Å². The molecule has 0 aliphatic heterocycles. The zero-order valence-corrected chi connectivity index (χ0v) is 11.8. The van der Waals surface area contributed by atoms with Crippen LogP contribution < -0.4 is 5.32 Å². The molecule has 1 heterocycles. The van der Waals surface area contributed by atoms with Crippen molar-refractivity contribution in [2.75, 3.05) is 5.32 Å². The Balaban J connectivity index is 2.15. The molecule has 1 N–H and O–H groups in total. The van der Waals surface area contributed by atoms with Crippen molar-refractivity contribution >= 4 is 33.0 Å². The van der Waals surface area contributed by atoms with Crippen LogP contribution in [0.3, 0.4) is 0 Å². The lowest BCUT2D eigenvalue weighted by atomic mass is 10.1. The lowest BCUT2D eigenvalue weighted by molar-refractivity contribution is 1.16. The molecule has 0 bridgehead atoms. The largest absolute Gasteiger partial charge is 0.380 e. The van der Waals surface area contributed by atoms with Crippen LogP contribution >= 0.6 is 27.3 Å². The van der Waals surface area contributed by atoms with E-state index in [0.29, 0.717) is 0 Å². The fraction of sp³-hybridized carbons (Fsp3) is 0.231. The second-order valence-corrected chi connectivity index (χ2v) is 5.80. The zero-order chi connectivity index (χ0) is 11.5. The van der Waals surface area contributed by atoms with E-state index in [1.54, 1.807) is 11.3 Å². The number of benzene rings is 1. The van der Waals surface area contributed by atoms with Gasteiger partial charge in [0.2, 0.25) is 0 Å². The average Bonchev–Trinajstić information content (AvgIpc) is 2.68. The van der Waals surface area contributed by atoms with Crippen LogP contribution in [0.4, 0.5) is 5.69 Å². The van der Waals surface area contributed by atoms with E-state index in [1.165, 1.54) is 21.7 Å². The fourth-order valence-electron chi connectivity index (χ4n) is 1.78. The second kappa shape index (κ2) is 5.02. The monoisotopic (exact) mass is 295 g/mol. The SMILES string of the molecule is Cc1cc(Br)cc(C)c1NCc1cccs1. The molecule has 1 aromatic heterocycles. The van der Waals surface area contributed by atoms with Gasteiger partial charge in [0.25, 0.3) is 0 Å². The van der Waals surface area contributed by atoms with Crippen LogP contribution in [-0.2, 0) is 6.54 Å². The molecule has 1 nitrogen and oxygen atoms in total. The highest BCUT2D eigenvalue weighted by Crippen LogP contribution is 2.25. The minimum absolute atomic E-state index is 0.904. The molecule has 2 rings (SSSR count). The third kappa shape index (κ3) is 2.66. The van der Waals surface area contributed by atoms with Crippen molar-refractivity contribution in [3.05, 3.63) is 50.1 Å². The van der Waals surface area contributed by atoms with Gasteiger partial charge >= 0.3 is 0 Å².